The van der Waals surface area contributed by atoms with Gasteiger partial charge in [-0.25, -0.2) is 0 Å². The van der Waals surface area contributed by atoms with Crippen LogP contribution in [0.1, 0.15) is 11.5 Å². The predicted octanol–water partition coefficient (Wildman–Crippen LogP) is 3.30. The lowest BCUT2D eigenvalue weighted by Gasteiger charge is -2.13. The summed E-state index contributed by atoms with van der Waals surface area (Å²) in [5.74, 6) is 2.07. The Morgan fingerprint density at radius 1 is 0.938 bits per heavy atom. The summed E-state index contributed by atoms with van der Waals surface area (Å²) in [7, 11) is 0. The van der Waals surface area contributed by atoms with E-state index >= 15 is 0 Å². The minimum atomic E-state index is 0.318. The van der Waals surface area contributed by atoms with E-state index in [0.717, 1.165) is 11.5 Å². The largest absolute Gasteiger partial charge is 0.488 e. The van der Waals surface area contributed by atoms with Gasteiger partial charge in [0.05, 0.1) is 19.1 Å². The van der Waals surface area contributed by atoms with Crippen molar-refractivity contribution < 1.29 is 9.47 Å². The molecule has 0 unspecified atom stereocenters. The summed E-state index contributed by atoms with van der Waals surface area (Å²) < 4.78 is 11.5. The highest BCUT2D eigenvalue weighted by Gasteiger charge is 2.19. The second-order valence-electron chi connectivity index (χ2n) is 3.83. The molecule has 3 rings (SSSR count). The van der Waals surface area contributed by atoms with Crippen LogP contribution in [0.2, 0.25) is 0 Å². The van der Waals surface area contributed by atoms with Gasteiger partial charge in [-0.1, -0.05) is 30.3 Å². The molecule has 1 aromatic heterocycles. The van der Waals surface area contributed by atoms with E-state index in [2.05, 4.69) is 24.3 Å². The standard InChI is InChI=1S/C13H12O2S/c1-2-4-10(5-3-1)11-6-14-12-8-16-9-13(12)15-7-11/h1-5,8-9,11H,6-7H2. The Morgan fingerprint density at radius 2 is 1.56 bits per heavy atom. The highest BCUT2D eigenvalue weighted by Crippen LogP contribution is 2.35. The number of fused-ring (bicyclic) bond motifs is 1. The molecule has 0 saturated carbocycles. The third-order valence-corrected chi connectivity index (χ3v) is 3.44. The molecule has 0 aliphatic carbocycles. The Bertz CT molecular complexity index is 441. The second-order valence-corrected chi connectivity index (χ2v) is 4.57. The maximum absolute atomic E-state index is 5.74. The van der Waals surface area contributed by atoms with Crippen molar-refractivity contribution in [1.29, 1.82) is 0 Å². The zero-order chi connectivity index (χ0) is 10.8. The molecule has 2 aromatic rings. The maximum atomic E-state index is 5.74. The van der Waals surface area contributed by atoms with Gasteiger partial charge in [-0.3, -0.25) is 0 Å². The van der Waals surface area contributed by atoms with Gasteiger partial charge in [-0.2, -0.15) is 0 Å². The molecule has 2 heterocycles. The van der Waals surface area contributed by atoms with Crippen molar-refractivity contribution in [1.82, 2.24) is 0 Å². The van der Waals surface area contributed by atoms with Crippen molar-refractivity contribution in [3.05, 3.63) is 46.7 Å². The van der Waals surface area contributed by atoms with Crippen LogP contribution in [0.3, 0.4) is 0 Å². The van der Waals surface area contributed by atoms with Crippen LogP contribution >= 0.6 is 11.3 Å². The molecule has 0 saturated heterocycles. The van der Waals surface area contributed by atoms with Crippen molar-refractivity contribution in [3.8, 4) is 11.5 Å². The van der Waals surface area contributed by atoms with Gasteiger partial charge in [0.2, 0.25) is 0 Å². The number of benzene rings is 1. The minimum Gasteiger partial charge on any atom is -0.488 e. The Labute approximate surface area is 98.4 Å². The first-order chi connectivity index (χ1) is 7.93. The zero-order valence-corrected chi connectivity index (χ0v) is 9.57. The molecule has 1 aromatic carbocycles. The van der Waals surface area contributed by atoms with Crippen molar-refractivity contribution >= 4 is 11.3 Å². The molecule has 0 atom stereocenters. The molecular weight excluding hydrogens is 220 g/mol. The highest BCUT2D eigenvalue weighted by molar-refractivity contribution is 7.08. The minimum absolute atomic E-state index is 0.318. The van der Waals surface area contributed by atoms with E-state index in [0.29, 0.717) is 19.1 Å². The van der Waals surface area contributed by atoms with Gasteiger partial charge in [0, 0.05) is 10.8 Å². The van der Waals surface area contributed by atoms with E-state index in [1.54, 1.807) is 11.3 Å². The van der Waals surface area contributed by atoms with Crippen LogP contribution in [0, 0.1) is 0 Å². The van der Waals surface area contributed by atoms with Crippen LogP contribution in [0.4, 0.5) is 0 Å². The van der Waals surface area contributed by atoms with Crippen LogP contribution in [-0.2, 0) is 0 Å². The summed E-state index contributed by atoms with van der Waals surface area (Å²) in [5, 5.41) is 3.98. The fourth-order valence-corrected chi connectivity index (χ4v) is 2.51. The number of rotatable bonds is 1. The smallest absolute Gasteiger partial charge is 0.171 e. The molecule has 0 radical (unpaired) electrons. The molecule has 0 fully saturated rings. The fourth-order valence-electron chi connectivity index (χ4n) is 1.83. The number of hydrogen-bond donors (Lipinski definition) is 0. The summed E-state index contributed by atoms with van der Waals surface area (Å²) in [5.41, 5.74) is 1.27. The Hall–Kier alpha value is -1.48. The van der Waals surface area contributed by atoms with Gasteiger partial charge in [0.15, 0.2) is 11.5 Å². The first kappa shape index (κ1) is 9.73. The average molecular weight is 232 g/mol. The van der Waals surface area contributed by atoms with Gasteiger partial charge in [-0.05, 0) is 5.56 Å². The summed E-state index contributed by atoms with van der Waals surface area (Å²) in [6.07, 6.45) is 0. The molecule has 82 valence electrons. The van der Waals surface area contributed by atoms with Gasteiger partial charge in [0.1, 0.15) is 0 Å². The number of hydrogen-bond acceptors (Lipinski definition) is 3. The molecular formula is C13H12O2S. The van der Waals surface area contributed by atoms with Crippen LogP contribution in [0.25, 0.3) is 0 Å². The van der Waals surface area contributed by atoms with Gasteiger partial charge < -0.3 is 9.47 Å². The molecule has 1 aliphatic rings. The first-order valence-electron chi connectivity index (χ1n) is 5.30. The predicted molar refractivity (Wildman–Crippen MR) is 64.5 cm³/mol. The Morgan fingerprint density at radius 3 is 2.19 bits per heavy atom. The number of ether oxygens (including phenoxy) is 2. The quantitative estimate of drug-likeness (QED) is 0.751. The summed E-state index contributed by atoms with van der Waals surface area (Å²) in [6.45, 7) is 1.38. The van der Waals surface area contributed by atoms with E-state index in [-0.39, 0.29) is 0 Å². The Kier molecular flexibility index (Phi) is 2.54. The average Bonchev–Trinajstić information content (AvgIpc) is 2.70. The SMILES string of the molecule is c1ccc(C2COc3cscc3OC2)cc1. The molecule has 2 nitrogen and oxygen atoms in total. The third-order valence-electron chi connectivity index (χ3n) is 2.74. The van der Waals surface area contributed by atoms with Gasteiger partial charge >= 0.3 is 0 Å². The van der Waals surface area contributed by atoms with Crippen molar-refractivity contribution in [2.24, 2.45) is 0 Å². The first-order valence-corrected chi connectivity index (χ1v) is 6.24. The monoisotopic (exact) mass is 232 g/mol. The maximum Gasteiger partial charge on any atom is 0.171 e. The molecule has 0 amide bonds. The lowest BCUT2D eigenvalue weighted by Crippen LogP contribution is -2.14. The topological polar surface area (TPSA) is 18.5 Å². The van der Waals surface area contributed by atoms with E-state index in [9.17, 15) is 0 Å². The molecule has 3 heteroatoms. The van der Waals surface area contributed by atoms with Crippen LogP contribution in [0.5, 0.6) is 11.5 Å². The lowest BCUT2D eigenvalue weighted by molar-refractivity contribution is 0.263. The summed E-state index contributed by atoms with van der Waals surface area (Å²) in [4.78, 5) is 0. The van der Waals surface area contributed by atoms with Crippen LogP contribution < -0.4 is 9.47 Å². The third kappa shape index (κ3) is 1.78. The summed E-state index contributed by atoms with van der Waals surface area (Å²) in [6, 6.07) is 10.4. The van der Waals surface area contributed by atoms with Gasteiger partial charge in [-0.15, -0.1) is 11.3 Å². The van der Waals surface area contributed by atoms with Crippen molar-refractivity contribution in [3.63, 3.8) is 0 Å². The lowest BCUT2D eigenvalue weighted by atomic mass is 10.0. The van der Waals surface area contributed by atoms with Gasteiger partial charge in [0.25, 0.3) is 0 Å². The normalized spacial score (nSPS) is 15.8. The molecule has 0 N–H and O–H groups in total. The van der Waals surface area contributed by atoms with E-state index in [1.165, 1.54) is 5.56 Å². The van der Waals surface area contributed by atoms with Crippen LogP contribution in [-0.4, -0.2) is 13.2 Å². The van der Waals surface area contributed by atoms with E-state index < -0.39 is 0 Å². The highest BCUT2D eigenvalue weighted by atomic mass is 32.1. The fraction of sp³-hybridized carbons (Fsp3) is 0.231. The number of thiophene rings is 1. The van der Waals surface area contributed by atoms with Crippen LogP contribution in [0.15, 0.2) is 41.1 Å². The molecule has 16 heavy (non-hydrogen) atoms. The summed E-state index contributed by atoms with van der Waals surface area (Å²) >= 11 is 1.61. The van der Waals surface area contributed by atoms with Crippen molar-refractivity contribution in [2.45, 2.75) is 5.92 Å². The Balaban J connectivity index is 1.80. The zero-order valence-electron chi connectivity index (χ0n) is 8.76. The molecule has 1 aliphatic heterocycles. The molecule has 0 spiro atoms. The molecule has 0 bridgehead atoms. The van der Waals surface area contributed by atoms with E-state index in [1.807, 2.05) is 16.8 Å². The second kappa shape index (κ2) is 4.18. The van der Waals surface area contributed by atoms with Crippen molar-refractivity contribution in [2.75, 3.05) is 13.2 Å². The van der Waals surface area contributed by atoms with E-state index in [4.69, 9.17) is 9.47 Å².